The van der Waals surface area contributed by atoms with E-state index in [4.69, 9.17) is 16.3 Å². The van der Waals surface area contributed by atoms with E-state index >= 15 is 0 Å². The first-order chi connectivity index (χ1) is 13.0. The Hall–Kier alpha value is -2.90. The number of carbonyl (C=O) groups is 1. The zero-order valence-corrected chi connectivity index (χ0v) is 15.6. The van der Waals surface area contributed by atoms with Crippen molar-refractivity contribution in [3.63, 3.8) is 0 Å². The second kappa shape index (κ2) is 8.66. The molecule has 3 aromatic rings. The number of para-hydroxylation sites is 2. The number of halogens is 1. The van der Waals surface area contributed by atoms with Gasteiger partial charge in [0.1, 0.15) is 6.61 Å². The predicted molar refractivity (Wildman–Crippen MR) is 104 cm³/mol. The Morgan fingerprint density at radius 2 is 1.93 bits per heavy atom. The van der Waals surface area contributed by atoms with E-state index in [-0.39, 0.29) is 24.0 Å². The molecule has 0 aliphatic rings. The molecule has 1 heterocycles. The van der Waals surface area contributed by atoms with Crippen molar-refractivity contribution in [2.24, 2.45) is 0 Å². The Balaban J connectivity index is 1.59. The van der Waals surface area contributed by atoms with Crippen LogP contribution in [-0.2, 0) is 13.2 Å². The van der Waals surface area contributed by atoms with Crippen LogP contribution in [0.5, 0.6) is 5.75 Å². The third-order valence-corrected chi connectivity index (χ3v) is 5.08. The lowest BCUT2D eigenvalue weighted by Crippen LogP contribution is -2.21. The van der Waals surface area contributed by atoms with Crippen LogP contribution in [0.3, 0.4) is 0 Å². The van der Waals surface area contributed by atoms with E-state index in [0.29, 0.717) is 16.4 Å². The fourth-order valence-corrected chi connectivity index (χ4v) is 3.38. The summed E-state index contributed by atoms with van der Waals surface area (Å²) in [5.41, 5.74) is 1.51. The van der Waals surface area contributed by atoms with Crippen molar-refractivity contribution in [3.05, 3.63) is 91.1 Å². The fraction of sp³-hybridized carbons (Fsp3) is 0.105. The molecule has 0 aliphatic carbocycles. The first-order valence-corrected chi connectivity index (χ1v) is 9.25. The lowest BCUT2D eigenvalue weighted by molar-refractivity contribution is -0.385. The number of nitrogens with one attached hydrogen (secondary N) is 1. The molecule has 0 fully saturated rings. The van der Waals surface area contributed by atoms with E-state index < -0.39 is 4.92 Å². The van der Waals surface area contributed by atoms with Gasteiger partial charge in [-0.1, -0.05) is 41.9 Å². The van der Waals surface area contributed by atoms with Crippen molar-refractivity contribution in [3.8, 4) is 5.75 Å². The normalized spacial score (nSPS) is 10.4. The summed E-state index contributed by atoms with van der Waals surface area (Å²) in [5.74, 6) is -0.0183. The van der Waals surface area contributed by atoms with Crippen molar-refractivity contribution in [2.75, 3.05) is 0 Å². The van der Waals surface area contributed by atoms with Crippen LogP contribution in [0, 0.1) is 10.1 Å². The van der Waals surface area contributed by atoms with E-state index in [1.54, 1.807) is 35.7 Å². The van der Waals surface area contributed by atoms with E-state index in [0.717, 1.165) is 11.1 Å². The molecule has 6 nitrogen and oxygen atoms in total. The average Bonchev–Trinajstić information content (AvgIpc) is 3.15. The van der Waals surface area contributed by atoms with Gasteiger partial charge in [-0.25, -0.2) is 0 Å². The smallest absolute Gasteiger partial charge is 0.310 e. The lowest BCUT2D eigenvalue weighted by atomic mass is 10.2. The van der Waals surface area contributed by atoms with Gasteiger partial charge in [0.05, 0.1) is 9.80 Å². The van der Waals surface area contributed by atoms with Gasteiger partial charge < -0.3 is 10.1 Å². The van der Waals surface area contributed by atoms with Gasteiger partial charge in [0.2, 0.25) is 0 Å². The van der Waals surface area contributed by atoms with Crippen molar-refractivity contribution in [1.29, 1.82) is 0 Å². The largest absolute Gasteiger partial charge is 0.482 e. The summed E-state index contributed by atoms with van der Waals surface area (Å²) >= 11 is 7.36. The van der Waals surface area contributed by atoms with Crippen molar-refractivity contribution < 1.29 is 14.5 Å². The standard InChI is InChI=1S/C19H15ClN2O4S/c20-15-6-2-1-5-14(15)10-21-19(23)18-9-13(12-27-18)11-26-17-8-4-3-7-16(17)22(24)25/h1-9,12H,10-11H2,(H,21,23). The van der Waals surface area contributed by atoms with Crippen LogP contribution in [0.2, 0.25) is 5.02 Å². The molecule has 1 amide bonds. The summed E-state index contributed by atoms with van der Waals surface area (Å²) in [5, 5.41) is 16.2. The Morgan fingerprint density at radius 3 is 2.70 bits per heavy atom. The number of nitrogens with zero attached hydrogens (tertiary/aromatic N) is 1. The third-order valence-electron chi connectivity index (χ3n) is 3.73. The number of thiophene rings is 1. The highest BCUT2D eigenvalue weighted by Crippen LogP contribution is 2.27. The van der Waals surface area contributed by atoms with Gasteiger partial charge >= 0.3 is 5.69 Å². The number of benzene rings is 2. The average molecular weight is 403 g/mol. The Bertz CT molecular complexity index is 974. The Labute approximate surface area is 164 Å². The molecule has 2 aromatic carbocycles. The topological polar surface area (TPSA) is 81.5 Å². The molecule has 0 bridgehead atoms. The van der Waals surface area contributed by atoms with Gasteiger partial charge in [-0.15, -0.1) is 11.3 Å². The number of nitro benzene ring substituents is 1. The van der Waals surface area contributed by atoms with Crippen LogP contribution < -0.4 is 10.1 Å². The van der Waals surface area contributed by atoms with E-state index in [1.165, 1.54) is 17.4 Å². The molecule has 0 aliphatic heterocycles. The molecule has 1 N–H and O–H groups in total. The highest BCUT2D eigenvalue weighted by atomic mass is 35.5. The zero-order chi connectivity index (χ0) is 19.2. The minimum absolute atomic E-state index is 0.0922. The summed E-state index contributed by atoms with van der Waals surface area (Å²) in [4.78, 5) is 23.3. The molecule has 1 aromatic heterocycles. The Morgan fingerprint density at radius 1 is 1.19 bits per heavy atom. The summed E-state index contributed by atoms with van der Waals surface area (Å²) in [6.07, 6.45) is 0. The quantitative estimate of drug-likeness (QED) is 0.453. The third kappa shape index (κ3) is 4.84. The minimum atomic E-state index is -0.490. The van der Waals surface area contributed by atoms with Crippen molar-refractivity contribution >= 4 is 34.5 Å². The van der Waals surface area contributed by atoms with Gasteiger partial charge in [0.15, 0.2) is 5.75 Å². The van der Waals surface area contributed by atoms with Crippen LogP contribution in [-0.4, -0.2) is 10.8 Å². The van der Waals surface area contributed by atoms with Crippen LogP contribution in [0.1, 0.15) is 20.8 Å². The summed E-state index contributed by atoms with van der Waals surface area (Å²) in [6, 6.07) is 15.2. The van der Waals surface area contributed by atoms with Crippen LogP contribution in [0.15, 0.2) is 60.0 Å². The predicted octanol–water partition coefficient (Wildman–Crippen LogP) is 4.82. The molecular formula is C19H15ClN2O4S. The van der Waals surface area contributed by atoms with Crippen LogP contribution >= 0.6 is 22.9 Å². The first kappa shape index (κ1) is 18.9. The van der Waals surface area contributed by atoms with Gasteiger partial charge in [0.25, 0.3) is 5.91 Å². The molecule has 3 rings (SSSR count). The molecule has 0 saturated heterocycles. The van der Waals surface area contributed by atoms with Crippen molar-refractivity contribution in [2.45, 2.75) is 13.2 Å². The maximum absolute atomic E-state index is 12.3. The van der Waals surface area contributed by atoms with Gasteiger partial charge in [0, 0.05) is 23.2 Å². The SMILES string of the molecule is O=C(NCc1ccccc1Cl)c1cc(COc2ccccc2[N+](=O)[O-])cs1. The molecule has 27 heavy (non-hydrogen) atoms. The number of hydrogen-bond acceptors (Lipinski definition) is 5. The first-order valence-electron chi connectivity index (χ1n) is 8.00. The maximum Gasteiger partial charge on any atom is 0.310 e. The number of ether oxygens (including phenoxy) is 1. The number of rotatable bonds is 7. The van der Waals surface area contributed by atoms with Crippen molar-refractivity contribution in [1.82, 2.24) is 5.32 Å². The summed E-state index contributed by atoms with van der Waals surface area (Å²) in [7, 11) is 0. The van der Waals surface area contributed by atoms with Gasteiger partial charge in [-0.3, -0.25) is 14.9 Å². The highest BCUT2D eigenvalue weighted by Gasteiger charge is 2.15. The number of nitro groups is 1. The molecule has 138 valence electrons. The van der Waals surface area contributed by atoms with E-state index in [2.05, 4.69) is 5.32 Å². The molecule has 0 radical (unpaired) electrons. The fourth-order valence-electron chi connectivity index (χ4n) is 2.37. The van der Waals surface area contributed by atoms with Crippen LogP contribution in [0.25, 0.3) is 0 Å². The molecule has 0 unspecified atom stereocenters. The number of amides is 1. The molecular weight excluding hydrogens is 388 g/mol. The maximum atomic E-state index is 12.3. The number of carbonyl (C=O) groups excluding carboxylic acids is 1. The second-order valence-electron chi connectivity index (χ2n) is 5.61. The van der Waals surface area contributed by atoms with Gasteiger partial charge in [-0.2, -0.15) is 0 Å². The van der Waals surface area contributed by atoms with Crippen LogP contribution in [0.4, 0.5) is 5.69 Å². The van der Waals surface area contributed by atoms with E-state index in [1.807, 2.05) is 18.2 Å². The van der Waals surface area contributed by atoms with Gasteiger partial charge in [-0.05, 0) is 29.1 Å². The molecule has 0 atom stereocenters. The second-order valence-corrected chi connectivity index (χ2v) is 6.93. The molecule has 0 saturated carbocycles. The zero-order valence-electron chi connectivity index (χ0n) is 14.1. The summed E-state index contributed by atoms with van der Waals surface area (Å²) in [6.45, 7) is 0.470. The monoisotopic (exact) mass is 402 g/mol. The lowest BCUT2D eigenvalue weighted by Gasteiger charge is -2.06. The molecule has 0 spiro atoms. The summed E-state index contributed by atoms with van der Waals surface area (Å²) < 4.78 is 5.54. The molecule has 8 heteroatoms. The Kier molecular flexibility index (Phi) is 6.05. The van der Waals surface area contributed by atoms with E-state index in [9.17, 15) is 14.9 Å². The number of hydrogen-bond donors (Lipinski definition) is 1. The highest BCUT2D eigenvalue weighted by molar-refractivity contribution is 7.12. The minimum Gasteiger partial charge on any atom is -0.482 e.